The summed E-state index contributed by atoms with van der Waals surface area (Å²) in [4.78, 5) is 14.0. The Kier molecular flexibility index (Phi) is 3.05. The van der Waals surface area contributed by atoms with Crippen LogP contribution in [0.5, 0.6) is 0 Å². The predicted octanol–water partition coefficient (Wildman–Crippen LogP) is 0.921. The number of rotatable bonds is 2. The van der Waals surface area contributed by atoms with Crippen LogP contribution in [0.3, 0.4) is 0 Å². The fraction of sp³-hybridized carbons (Fsp3) is 0.769. The highest BCUT2D eigenvalue weighted by molar-refractivity contribution is 5.78. The van der Waals surface area contributed by atoms with Crippen LogP contribution in [0.1, 0.15) is 44.8 Å². The van der Waals surface area contributed by atoms with Crippen LogP contribution in [-0.2, 0) is 22.6 Å². The molecule has 0 amide bonds. The first-order chi connectivity index (χ1) is 9.06. The first kappa shape index (κ1) is 12.6. The minimum atomic E-state index is -0.108. The molecule has 0 aromatic carbocycles. The summed E-state index contributed by atoms with van der Waals surface area (Å²) in [5.74, 6) is 2.29. The monoisotopic (exact) mass is 264 g/mol. The molecule has 3 heterocycles. The van der Waals surface area contributed by atoms with Gasteiger partial charge in [-0.25, -0.2) is 0 Å². The summed E-state index contributed by atoms with van der Waals surface area (Å²) in [7, 11) is 0. The first-order valence-electron chi connectivity index (χ1n) is 6.92. The van der Waals surface area contributed by atoms with Crippen molar-refractivity contribution < 1.29 is 9.53 Å². The van der Waals surface area contributed by atoms with Gasteiger partial charge < -0.3 is 9.30 Å². The molecule has 0 radical (unpaired) electrons. The van der Waals surface area contributed by atoms with E-state index >= 15 is 0 Å². The van der Waals surface area contributed by atoms with E-state index in [1.165, 1.54) is 0 Å². The third-order valence-corrected chi connectivity index (χ3v) is 3.91. The minimum absolute atomic E-state index is 0.0310. The highest BCUT2D eigenvalue weighted by atomic mass is 16.6. The quantitative estimate of drug-likeness (QED) is 0.743. The van der Waals surface area contributed by atoms with Crippen molar-refractivity contribution in [2.45, 2.75) is 58.3 Å². The van der Waals surface area contributed by atoms with Gasteiger partial charge in [0.25, 0.3) is 0 Å². The lowest BCUT2D eigenvalue weighted by molar-refractivity contribution is -0.145. The van der Waals surface area contributed by atoms with Gasteiger partial charge in [-0.3, -0.25) is 9.69 Å². The van der Waals surface area contributed by atoms with Crippen molar-refractivity contribution in [2.24, 2.45) is 0 Å². The third kappa shape index (κ3) is 2.14. The number of hydrogen-bond acceptors (Lipinski definition) is 5. The SMILES string of the molecule is CC1CC(N2CCn3c(nnc3C(C)C)C2)C(=O)O1. The van der Waals surface area contributed by atoms with Crippen molar-refractivity contribution in [3.05, 3.63) is 11.6 Å². The van der Waals surface area contributed by atoms with Gasteiger partial charge in [-0.15, -0.1) is 10.2 Å². The lowest BCUT2D eigenvalue weighted by Gasteiger charge is -2.30. The zero-order valence-electron chi connectivity index (χ0n) is 11.7. The normalized spacial score (nSPS) is 27.7. The third-order valence-electron chi connectivity index (χ3n) is 3.91. The van der Waals surface area contributed by atoms with Gasteiger partial charge in [-0.2, -0.15) is 0 Å². The molecule has 0 spiro atoms. The average Bonchev–Trinajstić information content (AvgIpc) is 2.91. The summed E-state index contributed by atoms with van der Waals surface area (Å²) in [6, 6.07) is -0.108. The number of fused-ring (bicyclic) bond motifs is 1. The molecule has 2 unspecified atom stereocenters. The maximum atomic E-state index is 11.8. The number of aromatic nitrogens is 3. The van der Waals surface area contributed by atoms with Gasteiger partial charge in [-0.05, 0) is 6.92 Å². The van der Waals surface area contributed by atoms with Gasteiger partial charge >= 0.3 is 5.97 Å². The van der Waals surface area contributed by atoms with Gasteiger partial charge in [0.2, 0.25) is 0 Å². The van der Waals surface area contributed by atoms with Crippen LogP contribution < -0.4 is 0 Å². The molecule has 1 aromatic heterocycles. The van der Waals surface area contributed by atoms with Crippen molar-refractivity contribution in [1.29, 1.82) is 0 Å². The number of nitrogens with zero attached hydrogens (tertiary/aromatic N) is 4. The van der Waals surface area contributed by atoms with E-state index in [0.717, 1.165) is 31.2 Å². The highest BCUT2D eigenvalue weighted by Gasteiger charge is 2.38. The zero-order valence-corrected chi connectivity index (χ0v) is 11.7. The molecule has 0 bridgehead atoms. The van der Waals surface area contributed by atoms with E-state index in [1.807, 2.05) is 6.92 Å². The van der Waals surface area contributed by atoms with Crippen molar-refractivity contribution in [2.75, 3.05) is 6.54 Å². The Morgan fingerprint density at radius 1 is 1.32 bits per heavy atom. The summed E-state index contributed by atoms with van der Waals surface area (Å²) >= 11 is 0. The lowest BCUT2D eigenvalue weighted by Crippen LogP contribution is -2.43. The molecule has 2 aliphatic heterocycles. The number of carbonyl (C=O) groups is 1. The van der Waals surface area contributed by atoms with Gasteiger partial charge in [0.15, 0.2) is 0 Å². The fourth-order valence-electron chi connectivity index (χ4n) is 2.93. The Morgan fingerprint density at radius 2 is 2.11 bits per heavy atom. The summed E-state index contributed by atoms with van der Waals surface area (Å²) in [6.45, 7) is 8.60. The topological polar surface area (TPSA) is 60.2 Å². The maximum absolute atomic E-state index is 11.8. The Labute approximate surface area is 112 Å². The van der Waals surface area contributed by atoms with E-state index in [2.05, 4.69) is 33.5 Å². The molecule has 1 saturated heterocycles. The summed E-state index contributed by atoms with van der Waals surface area (Å²) < 4.78 is 7.42. The van der Waals surface area contributed by atoms with E-state index in [-0.39, 0.29) is 18.1 Å². The molecule has 2 atom stereocenters. The Morgan fingerprint density at radius 3 is 2.74 bits per heavy atom. The summed E-state index contributed by atoms with van der Waals surface area (Å²) in [5, 5.41) is 8.53. The summed E-state index contributed by atoms with van der Waals surface area (Å²) in [5.41, 5.74) is 0. The molecule has 2 aliphatic rings. The number of cyclic esters (lactones) is 1. The maximum Gasteiger partial charge on any atom is 0.323 e. The molecule has 1 fully saturated rings. The number of hydrogen-bond donors (Lipinski definition) is 0. The zero-order chi connectivity index (χ0) is 13.6. The Balaban J connectivity index is 1.78. The predicted molar refractivity (Wildman–Crippen MR) is 68.5 cm³/mol. The van der Waals surface area contributed by atoms with Crippen LogP contribution in [0.4, 0.5) is 0 Å². The average molecular weight is 264 g/mol. The molecule has 0 N–H and O–H groups in total. The van der Waals surface area contributed by atoms with Crippen molar-refractivity contribution in [3.8, 4) is 0 Å². The van der Waals surface area contributed by atoms with Gasteiger partial charge in [-0.1, -0.05) is 13.8 Å². The van der Waals surface area contributed by atoms with Crippen molar-refractivity contribution in [1.82, 2.24) is 19.7 Å². The molecule has 0 aliphatic carbocycles. The van der Waals surface area contributed by atoms with Crippen LogP contribution in [0.15, 0.2) is 0 Å². The molecule has 3 rings (SSSR count). The Hall–Kier alpha value is -1.43. The van der Waals surface area contributed by atoms with Gasteiger partial charge in [0.05, 0.1) is 6.54 Å². The van der Waals surface area contributed by atoms with Crippen LogP contribution in [-0.4, -0.2) is 44.3 Å². The van der Waals surface area contributed by atoms with Crippen LogP contribution >= 0.6 is 0 Å². The molecule has 6 heteroatoms. The molecule has 0 saturated carbocycles. The van der Waals surface area contributed by atoms with Crippen LogP contribution in [0.25, 0.3) is 0 Å². The van der Waals surface area contributed by atoms with Crippen molar-refractivity contribution >= 4 is 5.97 Å². The van der Waals surface area contributed by atoms with Gasteiger partial charge in [0, 0.05) is 25.4 Å². The second-order valence-corrected chi connectivity index (χ2v) is 5.75. The van der Waals surface area contributed by atoms with Crippen molar-refractivity contribution in [3.63, 3.8) is 0 Å². The minimum Gasteiger partial charge on any atom is -0.461 e. The molecule has 1 aromatic rings. The van der Waals surface area contributed by atoms with E-state index < -0.39 is 0 Å². The second-order valence-electron chi connectivity index (χ2n) is 5.75. The summed E-state index contributed by atoms with van der Waals surface area (Å²) in [6.07, 6.45) is 0.813. The van der Waals surface area contributed by atoms with E-state index in [1.54, 1.807) is 0 Å². The molecular weight excluding hydrogens is 244 g/mol. The van der Waals surface area contributed by atoms with Gasteiger partial charge in [0.1, 0.15) is 23.8 Å². The van der Waals surface area contributed by atoms with E-state index in [4.69, 9.17) is 4.74 Å². The molecule has 6 nitrogen and oxygen atoms in total. The standard InChI is InChI=1S/C13H20N4O2/c1-8(2)12-15-14-11-7-16(4-5-17(11)12)10-6-9(3)19-13(10)18/h8-10H,4-7H2,1-3H3. The molecular formula is C13H20N4O2. The number of carbonyl (C=O) groups excluding carboxylic acids is 1. The molecule has 104 valence electrons. The van der Waals surface area contributed by atoms with Crippen LogP contribution in [0, 0.1) is 0 Å². The number of esters is 1. The highest BCUT2D eigenvalue weighted by Crippen LogP contribution is 2.25. The Bertz CT molecular complexity index is 497. The molecule has 19 heavy (non-hydrogen) atoms. The largest absolute Gasteiger partial charge is 0.461 e. The number of ether oxygens (including phenoxy) is 1. The second kappa shape index (κ2) is 4.59. The van der Waals surface area contributed by atoms with E-state index in [9.17, 15) is 4.79 Å². The fourth-order valence-corrected chi connectivity index (χ4v) is 2.93. The van der Waals surface area contributed by atoms with Crippen LogP contribution in [0.2, 0.25) is 0 Å². The first-order valence-corrected chi connectivity index (χ1v) is 6.92. The lowest BCUT2D eigenvalue weighted by atomic mass is 10.1. The smallest absolute Gasteiger partial charge is 0.323 e. The van der Waals surface area contributed by atoms with E-state index in [0.29, 0.717) is 12.5 Å².